The Morgan fingerprint density at radius 3 is 2.03 bits per heavy atom. The van der Waals surface area contributed by atoms with Crippen molar-refractivity contribution in [1.82, 2.24) is 0 Å². The second-order valence-electron chi connectivity index (χ2n) is 7.51. The highest BCUT2D eigenvalue weighted by Crippen LogP contribution is 2.25. The Labute approximate surface area is 211 Å². The predicted molar refractivity (Wildman–Crippen MR) is 135 cm³/mol. The number of rotatable bonds is 8. The van der Waals surface area contributed by atoms with E-state index in [-0.39, 0.29) is 5.78 Å². The van der Waals surface area contributed by atoms with Gasteiger partial charge in [0.1, 0.15) is 12.4 Å². The van der Waals surface area contributed by atoms with Crippen LogP contribution in [-0.4, -0.2) is 11.8 Å². The summed E-state index contributed by atoms with van der Waals surface area (Å²) in [4.78, 5) is 26.1. The molecule has 0 saturated heterocycles. The van der Waals surface area contributed by atoms with Crippen molar-refractivity contribution < 1.29 is 19.1 Å². The zero-order valence-corrected chi connectivity index (χ0v) is 20.3. The van der Waals surface area contributed by atoms with Crippen LogP contribution in [0.3, 0.4) is 0 Å². The van der Waals surface area contributed by atoms with E-state index in [0.717, 1.165) is 15.8 Å². The number of esters is 1. The van der Waals surface area contributed by atoms with Gasteiger partial charge in [-0.25, -0.2) is 4.79 Å². The number of ether oxygens (including phenoxy) is 2. The van der Waals surface area contributed by atoms with Gasteiger partial charge >= 0.3 is 5.97 Å². The summed E-state index contributed by atoms with van der Waals surface area (Å²) in [7, 11) is 0. The molecule has 0 fully saturated rings. The SMILES string of the molecule is O=C(O[C@@H](C(=O)c1ccc(Cl)cc1)c1ccccc1)c1ccc(COc2ccc(Br)cc2)cc1. The molecule has 0 aliphatic rings. The lowest BCUT2D eigenvalue weighted by Gasteiger charge is -2.18. The molecule has 6 heteroatoms. The smallest absolute Gasteiger partial charge is 0.339 e. The molecule has 170 valence electrons. The van der Waals surface area contributed by atoms with Crippen LogP contribution in [0.4, 0.5) is 0 Å². The third-order valence-electron chi connectivity index (χ3n) is 5.10. The number of hydrogen-bond acceptors (Lipinski definition) is 4. The average molecular weight is 536 g/mol. The van der Waals surface area contributed by atoms with Crippen LogP contribution in [-0.2, 0) is 11.3 Å². The summed E-state index contributed by atoms with van der Waals surface area (Å²) in [5.74, 6) is -0.162. The Hall–Kier alpha value is -3.41. The fraction of sp³-hybridized carbons (Fsp3) is 0.0714. The Kier molecular flexibility index (Phi) is 7.78. The highest BCUT2D eigenvalue weighted by molar-refractivity contribution is 9.10. The van der Waals surface area contributed by atoms with Gasteiger partial charge in [-0.1, -0.05) is 70.0 Å². The van der Waals surface area contributed by atoms with E-state index in [2.05, 4.69) is 15.9 Å². The van der Waals surface area contributed by atoms with Gasteiger partial charge in [-0.3, -0.25) is 4.79 Å². The van der Waals surface area contributed by atoms with E-state index >= 15 is 0 Å². The van der Waals surface area contributed by atoms with Gasteiger partial charge in [0.05, 0.1) is 5.56 Å². The molecule has 0 bridgehead atoms. The number of hydrogen-bond donors (Lipinski definition) is 0. The lowest BCUT2D eigenvalue weighted by atomic mass is 9.99. The van der Waals surface area contributed by atoms with E-state index in [9.17, 15) is 9.59 Å². The van der Waals surface area contributed by atoms with Gasteiger partial charge in [-0.2, -0.15) is 0 Å². The molecule has 0 aromatic heterocycles. The molecule has 0 radical (unpaired) electrons. The molecule has 4 nitrogen and oxygen atoms in total. The van der Waals surface area contributed by atoms with E-state index in [1.54, 1.807) is 72.8 Å². The van der Waals surface area contributed by atoms with Crippen molar-refractivity contribution in [3.05, 3.63) is 135 Å². The van der Waals surface area contributed by atoms with Crippen LogP contribution in [0.2, 0.25) is 5.02 Å². The minimum atomic E-state index is -1.07. The van der Waals surface area contributed by atoms with Crippen LogP contribution in [0, 0.1) is 0 Å². The van der Waals surface area contributed by atoms with Gasteiger partial charge < -0.3 is 9.47 Å². The van der Waals surface area contributed by atoms with Crippen molar-refractivity contribution >= 4 is 39.3 Å². The predicted octanol–water partition coefficient (Wildman–Crippen LogP) is 7.46. The Morgan fingerprint density at radius 1 is 0.765 bits per heavy atom. The molecule has 0 saturated carbocycles. The van der Waals surface area contributed by atoms with Crippen molar-refractivity contribution in [2.45, 2.75) is 12.7 Å². The molecule has 4 aromatic rings. The summed E-state index contributed by atoms with van der Waals surface area (Å²) in [6.45, 7) is 0.360. The third-order valence-corrected chi connectivity index (χ3v) is 5.88. The molecule has 0 N–H and O–H groups in total. The molecule has 4 aromatic carbocycles. The molecule has 0 heterocycles. The molecule has 0 spiro atoms. The fourth-order valence-corrected chi connectivity index (χ4v) is 3.67. The van der Waals surface area contributed by atoms with Crippen molar-refractivity contribution in [2.24, 2.45) is 0 Å². The quantitative estimate of drug-likeness (QED) is 0.174. The summed E-state index contributed by atoms with van der Waals surface area (Å²) in [6, 6.07) is 29.9. The second-order valence-corrected chi connectivity index (χ2v) is 8.86. The van der Waals surface area contributed by atoms with Gasteiger partial charge in [-0.15, -0.1) is 0 Å². The van der Waals surface area contributed by atoms with E-state index in [1.165, 1.54) is 0 Å². The van der Waals surface area contributed by atoms with Crippen LogP contribution >= 0.6 is 27.5 Å². The number of halogens is 2. The Bertz CT molecular complexity index is 1250. The lowest BCUT2D eigenvalue weighted by Crippen LogP contribution is -2.20. The molecule has 0 aliphatic carbocycles. The first-order chi connectivity index (χ1) is 16.5. The molecule has 0 amide bonds. The first kappa shape index (κ1) is 23.7. The largest absolute Gasteiger partial charge is 0.489 e. The van der Waals surface area contributed by atoms with E-state index in [0.29, 0.717) is 28.3 Å². The summed E-state index contributed by atoms with van der Waals surface area (Å²) >= 11 is 9.34. The Balaban J connectivity index is 1.47. The van der Waals surface area contributed by atoms with Crippen LogP contribution in [0.5, 0.6) is 5.75 Å². The van der Waals surface area contributed by atoms with Crippen molar-refractivity contribution in [3.8, 4) is 5.75 Å². The number of carbonyl (C=O) groups excluding carboxylic acids is 2. The van der Waals surface area contributed by atoms with E-state index < -0.39 is 12.1 Å². The van der Waals surface area contributed by atoms with Crippen molar-refractivity contribution in [3.63, 3.8) is 0 Å². The highest BCUT2D eigenvalue weighted by Gasteiger charge is 2.26. The zero-order valence-electron chi connectivity index (χ0n) is 18.0. The topological polar surface area (TPSA) is 52.6 Å². The number of ketones is 1. The number of carbonyl (C=O) groups is 2. The molecule has 34 heavy (non-hydrogen) atoms. The average Bonchev–Trinajstić information content (AvgIpc) is 2.88. The van der Waals surface area contributed by atoms with Gasteiger partial charge in [0.25, 0.3) is 0 Å². The van der Waals surface area contributed by atoms with Crippen LogP contribution in [0.25, 0.3) is 0 Å². The van der Waals surface area contributed by atoms with E-state index in [4.69, 9.17) is 21.1 Å². The van der Waals surface area contributed by atoms with Crippen LogP contribution in [0.1, 0.15) is 37.9 Å². The standard InChI is InChI=1S/C28H20BrClO4/c29-23-12-16-25(17-13-23)33-18-19-6-8-22(9-7-19)28(32)34-27(21-4-2-1-3-5-21)26(31)20-10-14-24(30)15-11-20/h1-17,27H,18H2/t27-/m1/s1. The van der Waals surface area contributed by atoms with E-state index in [1.807, 2.05) is 30.3 Å². The summed E-state index contributed by atoms with van der Waals surface area (Å²) < 4.78 is 12.4. The first-order valence-corrected chi connectivity index (χ1v) is 11.7. The summed E-state index contributed by atoms with van der Waals surface area (Å²) in [5, 5.41) is 0.522. The fourth-order valence-electron chi connectivity index (χ4n) is 3.28. The highest BCUT2D eigenvalue weighted by atomic mass is 79.9. The normalized spacial score (nSPS) is 11.5. The molecular weight excluding hydrogens is 516 g/mol. The maximum absolute atomic E-state index is 13.2. The van der Waals surface area contributed by atoms with Gasteiger partial charge in [0, 0.05) is 20.6 Å². The zero-order chi connectivity index (χ0) is 23.9. The molecule has 4 rings (SSSR count). The minimum absolute atomic E-state index is 0.323. The number of Topliss-reactive ketones (excluding diaryl/α,β-unsaturated/α-hetero) is 1. The summed E-state index contributed by atoms with van der Waals surface area (Å²) in [5.41, 5.74) is 2.25. The Morgan fingerprint density at radius 2 is 1.38 bits per heavy atom. The van der Waals surface area contributed by atoms with Crippen LogP contribution < -0.4 is 4.74 Å². The molecule has 0 unspecified atom stereocenters. The maximum Gasteiger partial charge on any atom is 0.339 e. The minimum Gasteiger partial charge on any atom is -0.489 e. The van der Waals surface area contributed by atoms with Gasteiger partial charge in [0.15, 0.2) is 6.10 Å². The van der Waals surface area contributed by atoms with Crippen molar-refractivity contribution in [1.29, 1.82) is 0 Å². The molecular formula is C28H20BrClO4. The second kappa shape index (κ2) is 11.1. The van der Waals surface area contributed by atoms with Gasteiger partial charge in [-0.05, 0) is 66.2 Å². The molecule has 0 aliphatic heterocycles. The maximum atomic E-state index is 13.2. The molecule has 1 atom stereocenters. The van der Waals surface area contributed by atoms with Gasteiger partial charge in [0.2, 0.25) is 5.78 Å². The summed E-state index contributed by atoms with van der Waals surface area (Å²) in [6.07, 6.45) is -1.07. The monoisotopic (exact) mass is 534 g/mol. The number of benzene rings is 4. The lowest BCUT2D eigenvalue weighted by molar-refractivity contribution is 0.0280. The van der Waals surface area contributed by atoms with Crippen LogP contribution in [0.15, 0.2) is 108 Å². The third kappa shape index (κ3) is 6.13. The van der Waals surface area contributed by atoms with Crippen molar-refractivity contribution in [2.75, 3.05) is 0 Å². The first-order valence-electron chi connectivity index (χ1n) is 10.5.